The number of aldehydes is 1. The Balaban J connectivity index is 2.63. The van der Waals surface area contributed by atoms with E-state index in [-0.39, 0.29) is 0 Å². The van der Waals surface area contributed by atoms with Crippen molar-refractivity contribution in [3.05, 3.63) is 0 Å². The number of carbonyl (C=O) groups is 2. The fourth-order valence-corrected chi connectivity index (χ4v) is 1.51. The summed E-state index contributed by atoms with van der Waals surface area (Å²) in [4.78, 5) is 22.6. The molecule has 1 amide bonds. The lowest BCUT2D eigenvalue weighted by Gasteiger charge is -2.40. The van der Waals surface area contributed by atoms with Gasteiger partial charge in [-0.1, -0.05) is 0 Å². The fourth-order valence-electron chi connectivity index (χ4n) is 1.51. The van der Waals surface area contributed by atoms with E-state index in [1.54, 1.807) is 0 Å². The number of carbonyl (C=O) groups excluding carboxylic acids is 1. The van der Waals surface area contributed by atoms with Gasteiger partial charge < -0.3 is 9.90 Å². The van der Waals surface area contributed by atoms with Crippen molar-refractivity contribution >= 4 is 12.4 Å². The number of hydrogen-bond donors (Lipinski definition) is 1. The number of hydrazine groups is 1. The van der Waals surface area contributed by atoms with Crippen molar-refractivity contribution in [3.63, 3.8) is 0 Å². The standard InChI is InChI=1S/C8H15N3O3/c1-9(2)10-3-4-11(8(13)14)7(5-10)6-12/h6-7H,3-5H2,1-2H3,(H,13,14). The van der Waals surface area contributed by atoms with E-state index in [1.807, 2.05) is 24.1 Å². The summed E-state index contributed by atoms with van der Waals surface area (Å²) in [5.74, 6) is 0. The molecule has 1 atom stereocenters. The van der Waals surface area contributed by atoms with Gasteiger partial charge in [0.05, 0.1) is 0 Å². The predicted molar refractivity (Wildman–Crippen MR) is 49.8 cm³/mol. The van der Waals surface area contributed by atoms with E-state index in [2.05, 4.69) is 0 Å². The van der Waals surface area contributed by atoms with Crippen molar-refractivity contribution in [2.45, 2.75) is 6.04 Å². The van der Waals surface area contributed by atoms with E-state index in [4.69, 9.17) is 5.11 Å². The van der Waals surface area contributed by atoms with Crippen LogP contribution in [-0.2, 0) is 4.79 Å². The third kappa shape index (κ3) is 2.21. The lowest BCUT2D eigenvalue weighted by atomic mass is 10.2. The van der Waals surface area contributed by atoms with Gasteiger partial charge in [0.2, 0.25) is 0 Å². The van der Waals surface area contributed by atoms with Crippen LogP contribution in [0.2, 0.25) is 0 Å². The molecule has 6 nitrogen and oxygen atoms in total. The van der Waals surface area contributed by atoms with Gasteiger partial charge in [-0.2, -0.15) is 0 Å². The summed E-state index contributed by atoms with van der Waals surface area (Å²) >= 11 is 0. The monoisotopic (exact) mass is 201 g/mol. The molecule has 1 rings (SSSR count). The van der Waals surface area contributed by atoms with Crippen LogP contribution < -0.4 is 0 Å². The van der Waals surface area contributed by atoms with Crippen molar-refractivity contribution < 1.29 is 14.7 Å². The number of hydrogen-bond acceptors (Lipinski definition) is 4. The molecule has 0 bridgehead atoms. The van der Waals surface area contributed by atoms with Crippen LogP contribution in [0.1, 0.15) is 0 Å². The average molecular weight is 201 g/mol. The van der Waals surface area contributed by atoms with Crippen LogP contribution in [0.3, 0.4) is 0 Å². The zero-order chi connectivity index (χ0) is 10.7. The lowest BCUT2D eigenvalue weighted by Crippen LogP contribution is -2.58. The summed E-state index contributed by atoms with van der Waals surface area (Å²) in [5, 5.41) is 12.6. The van der Waals surface area contributed by atoms with Crippen LogP contribution in [0, 0.1) is 0 Å². The zero-order valence-electron chi connectivity index (χ0n) is 8.38. The Morgan fingerprint density at radius 3 is 2.57 bits per heavy atom. The third-order valence-electron chi connectivity index (χ3n) is 2.37. The number of nitrogens with zero attached hydrogens (tertiary/aromatic N) is 3. The maximum Gasteiger partial charge on any atom is 0.407 e. The fraction of sp³-hybridized carbons (Fsp3) is 0.750. The Bertz CT molecular complexity index is 232. The summed E-state index contributed by atoms with van der Waals surface area (Å²) in [5.41, 5.74) is 0. The number of carboxylic acid groups (broad SMARTS) is 1. The van der Waals surface area contributed by atoms with Gasteiger partial charge in [0.15, 0.2) is 0 Å². The van der Waals surface area contributed by atoms with Gasteiger partial charge in [-0.15, -0.1) is 0 Å². The first-order chi connectivity index (χ1) is 6.56. The number of rotatable bonds is 2. The third-order valence-corrected chi connectivity index (χ3v) is 2.37. The van der Waals surface area contributed by atoms with Crippen molar-refractivity contribution in [2.24, 2.45) is 0 Å². The summed E-state index contributed by atoms with van der Waals surface area (Å²) in [6.07, 6.45) is -0.343. The van der Waals surface area contributed by atoms with Gasteiger partial charge in [0.1, 0.15) is 12.3 Å². The Morgan fingerprint density at radius 1 is 1.50 bits per heavy atom. The van der Waals surface area contributed by atoms with E-state index < -0.39 is 12.1 Å². The molecule has 0 radical (unpaired) electrons. The van der Waals surface area contributed by atoms with Gasteiger partial charge in [-0.05, 0) is 0 Å². The van der Waals surface area contributed by atoms with E-state index >= 15 is 0 Å². The van der Waals surface area contributed by atoms with Crippen molar-refractivity contribution in [1.29, 1.82) is 0 Å². The van der Waals surface area contributed by atoms with Crippen LogP contribution in [-0.4, -0.2) is 72.2 Å². The van der Waals surface area contributed by atoms with Crippen molar-refractivity contribution in [2.75, 3.05) is 33.7 Å². The van der Waals surface area contributed by atoms with E-state index in [1.165, 1.54) is 4.90 Å². The molecule has 0 aliphatic carbocycles. The van der Waals surface area contributed by atoms with Gasteiger partial charge in [0.25, 0.3) is 0 Å². The minimum atomic E-state index is -1.03. The quantitative estimate of drug-likeness (QED) is 0.600. The highest BCUT2D eigenvalue weighted by molar-refractivity contribution is 5.72. The minimum Gasteiger partial charge on any atom is -0.465 e. The molecule has 1 heterocycles. The molecule has 0 spiro atoms. The van der Waals surface area contributed by atoms with Gasteiger partial charge >= 0.3 is 6.09 Å². The molecule has 14 heavy (non-hydrogen) atoms. The smallest absolute Gasteiger partial charge is 0.407 e. The highest BCUT2D eigenvalue weighted by Crippen LogP contribution is 2.08. The minimum absolute atomic E-state index is 0.372. The molecule has 0 aromatic heterocycles. The molecule has 1 aliphatic rings. The summed E-state index contributed by atoms with van der Waals surface area (Å²) in [6.45, 7) is 1.43. The highest BCUT2D eigenvalue weighted by atomic mass is 16.4. The first-order valence-electron chi connectivity index (χ1n) is 4.43. The molecule has 1 fully saturated rings. The zero-order valence-corrected chi connectivity index (χ0v) is 8.38. The van der Waals surface area contributed by atoms with E-state index in [9.17, 15) is 9.59 Å². The van der Waals surface area contributed by atoms with Gasteiger partial charge in [0, 0.05) is 33.7 Å². The van der Waals surface area contributed by atoms with Gasteiger partial charge in [-0.3, -0.25) is 4.90 Å². The molecule has 1 N–H and O–H groups in total. The van der Waals surface area contributed by atoms with Crippen molar-refractivity contribution in [1.82, 2.24) is 14.9 Å². The molecule has 0 aromatic rings. The molecule has 80 valence electrons. The SMILES string of the molecule is CN(C)N1CCN(C(=O)O)C(C=O)C1. The Kier molecular flexibility index (Phi) is 3.43. The van der Waals surface area contributed by atoms with E-state index in [0.29, 0.717) is 25.9 Å². The molecule has 1 aliphatic heterocycles. The Hall–Kier alpha value is -1.14. The van der Waals surface area contributed by atoms with Gasteiger partial charge in [-0.25, -0.2) is 14.8 Å². The maximum absolute atomic E-state index is 10.7. The first-order valence-corrected chi connectivity index (χ1v) is 4.43. The Labute approximate surface area is 82.7 Å². The highest BCUT2D eigenvalue weighted by Gasteiger charge is 2.30. The average Bonchev–Trinajstić information content (AvgIpc) is 2.16. The topological polar surface area (TPSA) is 64.1 Å². The molecule has 1 unspecified atom stereocenters. The summed E-state index contributed by atoms with van der Waals surface area (Å²) < 4.78 is 0. The molecule has 0 saturated carbocycles. The van der Waals surface area contributed by atoms with Crippen LogP contribution >= 0.6 is 0 Å². The van der Waals surface area contributed by atoms with Crippen LogP contribution in [0.25, 0.3) is 0 Å². The summed E-state index contributed by atoms with van der Waals surface area (Å²) in [7, 11) is 3.75. The molecular weight excluding hydrogens is 186 g/mol. The number of piperazine rings is 1. The second-order valence-electron chi connectivity index (χ2n) is 3.44. The van der Waals surface area contributed by atoms with Crippen LogP contribution in [0.15, 0.2) is 0 Å². The molecule has 0 aromatic carbocycles. The van der Waals surface area contributed by atoms with Crippen LogP contribution in [0.5, 0.6) is 0 Å². The number of amides is 1. The molecular formula is C8H15N3O3. The Morgan fingerprint density at radius 2 is 2.14 bits per heavy atom. The summed E-state index contributed by atoms with van der Waals surface area (Å²) in [6, 6.07) is -0.552. The van der Waals surface area contributed by atoms with Crippen molar-refractivity contribution in [3.8, 4) is 0 Å². The second-order valence-corrected chi connectivity index (χ2v) is 3.44. The maximum atomic E-state index is 10.7. The molecule has 1 saturated heterocycles. The molecule has 6 heteroatoms. The normalized spacial score (nSPS) is 23.9. The lowest BCUT2D eigenvalue weighted by molar-refractivity contribution is -0.117. The first kappa shape index (κ1) is 10.9. The predicted octanol–water partition coefficient (Wildman–Crippen LogP) is -0.674. The largest absolute Gasteiger partial charge is 0.465 e. The second kappa shape index (κ2) is 4.39. The van der Waals surface area contributed by atoms with Crippen LogP contribution in [0.4, 0.5) is 4.79 Å². The van der Waals surface area contributed by atoms with E-state index in [0.717, 1.165) is 0 Å².